The van der Waals surface area contributed by atoms with E-state index in [1.54, 1.807) is 0 Å². The van der Waals surface area contributed by atoms with Crippen LogP contribution in [-0.2, 0) is 24.1 Å². The third-order valence-electron chi connectivity index (χ3n) is 2.76. The van der Waals surface area contributed by atoms with Gasteiger partial charge >= 0.3 is 5.97 Å². The molecule has 1 atom stereocenters. The van der Waals surface area contributed by atoms with E-state index < -0.39 is 27.8 Å². The topological polar surface area (TPSA) is 98.8 Å². The van der Waals surface area contributed by atoms with Crippen molar-refractivity contribution in [3.05, 3.63) is 29.8 Å². The van der Waals surface area contributed by atoms with Gasteiger partial charge in [-0.3, -0.25) is 4.79 Å². The van der Waals surface area contributed by atoms with E-state index in [2.05, 4.69) is 5.32 Å². The Balaban J connectivity index is 2.80. The quantitative estimate of drug-likeness (QED) is 0.574. The zero-order valence-electron chi connectivity index (χ0n) is 12.7. The Labute approximate surface area is 129 Å². The highest BCUT2D eigenvalue weighted by atomic mass is 32.2. The molecule has 0 heterocycles. The van der Waals surface area contributed by atoms with E-state index in [9.17, 15) is 18.0 Å². The summed E-state index contributed by atoms with van der Waals surface area (Å²) in [5.74, 6) is -1.35. The van der Waals surface area contributed by atoms with Crippen LogP contribution < -0.4 is 5.32 Å². The van der Waals surface area contributed by atoms with Gasteiger partial charge in [0.15, 0.2) is 15.9 Å². The van der Waals surface area contributed by atoms with Gasteiger partial charge in [0.2, 0.25) is 0 Å². The fourth-order valence-corrected chi connectivity index (χ4v) is 2.53. The molecule has 1 N–H and O–H groups in total. The molecule has 0 aliphatic rings. The number of hydrogen-bond donors (Lipinski definition) is 1. The lowest BCUT2D eigenvalue weighted by atomic mass is 10.2. The maximum Gasteiger partial charge on any atom is 0.340 e. The first-order chi connectivity index (χ1) is 10.3. The van der Waals surface area contributed by atoms with E-state index in [4.69, 9.17) is 9.47 Å². The molecule has 0 saturated carbocycles. The third kappa shape index (κ3) is 5.12. The van der Waals surface area contributed by atoms with E-state index in [1.807, 2.05) is 0 Å². The highest BCUT2D eigenvalue weighted by Crippen LogP contribution is 2.17. The van der Waals surface area contributed by atoms with Crippen molar-refractivity contribution in [2.75, 3.05) is 26.5 Å². The van der Waals surface area contributed by atoms with E-state index in [-0.39, 0.29) is 17.0 Å². The first kappa shape index (κ1) is 18.1. The number of methoxy groups -OCH3 is 1. The largest absolute Gasteiger partial charge is 0.449 e. The lowest BCUT2D eigenvalue weighted by Crippen LogP contribution is -2.37. The Morgan fingerprint density at radius 2 is 1.91 bits per heavy atom. The summed E-state index contributed by atoms with van der Waals surface area (Å²) in [5.41, 5.74) is -0.0958. The molecule has 0 spiro atoms. The average Bonchev–Trinajstić information content (AvgIpc) is 2.46. The normalized spacial score (nSPS) is 12.5. The van der Waals surface area contributed by atoms with Crippen LogP contribution in [0.15, 0.2) is 29.2 Å². The standard InChI is InChI=1S/C14H19NO6S/c1-10(13(16)15-8-9-20-2)21-14(17)11-6-4-5-7-12(11)22(3,18)19/h4-7,10H,8-9H2,1-3H3,(H,15,16)/t10-/m1/s1. The molecule has 0 unspecified atom stereocenters. The van der Waals surface area contributed by atoms with Gasteiger partial charge in [0.1, 0.15) is 0 Å². The summed E-state index contributed by atoms with van der Waals surface area (Å²) >= 11 is 0. The predicted octanol–water partition coefficient (Wildman–Crippen LogP) is 0.398. The van der Waals surface area contributed by atoms with Gasteiger partial charge in [-0.25, -0.2) is 13.2 Å². The lowest BCUT2D eigenvalue weighted by Gasteiger charge is -2.14. The Kier molecular flexibility index (Phi) is 6.51. The number of rotatable bonds is 7. The van der Waals surface area contributed by atoms with Gasteiger partial charge < -0.3 is 14.8 Å². The first-order valence-corrected chi connectivity index (χ1v) is 8.43. The number of carbonyl (C=O) groups excluding carboxylic acids is 2. The summed E-state index contributed by atoms with van der Waals surface area (Å²) in [6.45, 7) is 2.03. The third-order valence-corrected chi connectivity index (χ3v) is 3.92. The first-order valence-electron chi connectivity index (χ1n) is 6.54. The Hall–Kier alpha value is -1.93. The summed E-state index contributed by atoms with van der Waals surface area (Å²) in [7, 11) is -2.07. The van der Waals surface area contributed by atoms with Crippen LogP contribution in [0.2, 0.25) is 0 Å². The predicted molar refractivity (Wildman–Crippen MR) is 79.3 cm³/mol. The van der Waals surface area contributed by atoms with Crippen molar-refractivity contribution >= 4 is 21.7 Å². The maximum atomic E-state index is 12.1. The van der Waals surface area contributed by atoms with Crippen molar-refractivity contribution in [2.45, 2.75) is 17.9 Å². The van der Waals surface area contributed by atoms with Gasteiger partial charge in [-0.1, -0.05) is 12.1 Å². The molecule has 8 heteroatoms. The number of ether oxygens (including phenoxy) is 2. The average molecular weight is 329 g/mol. The van der Waals surface area contributed by atoms with E-state index >= 15 is 0 Å². The summed E-state index contributed by atoms with van der Waals surface area (Å²) < 4.78 is 33.1. The summed E-state index contributed by atoms with van der Waals surface area (Å²) in [6.07, 6.45) is -0.0445. The number of nitrogens with one attached hydrogen (secondary N) is 1. The molecule has 22 heavy (non-hydrogen) atoms. The fraction of sp³-hybridized carbons (Fsp3) is 0.429. The molecule has 0 aliphatic carbocycles. The molecule has 0 radical (unpaired) electrons. The molecule has 0 bridgehead atoms. The summed E-state index contributed by atoms with van der Waals surface area (Å²) in [4.78, 5) is 23.6. The molecule has 7 nitrogen and oxygen atoms in total. The van der Waals surface area contributed by atoms with Gasteiger partial charge in [-0.2, -0.15) is 0 Å². The Bertz CT molecular complexity index is 640. The van der Waals surface area contributed by atoms with Crippen LogP contribution in [0.3, 0.4) is 0 Å². The number of amides is 1. The van der Waals surface area contributed by atoms with Gasteiger partial charge in [0.05, 0.1) is 17.1 Å². The van der Waals surface area contributed by atoms with Crippen molar-refractivity contribution in [1.82, 2.24) is 5.32 Å². The number of hydrogen-bond acceptors (Lipinski definition) is 6. The van der Waals surface area contributed by atoms with Crippen LogP contribution in [0.1, 0.15) is 17.3 Å². The highest BCUT2D eigenvalue weighted by Gasteiger charge is 2.23. The van der Waals surface area contributed by atoms with Crippen molar-refractivity contribution in [3.8, 4) is 0 Å². The zero-order valence-corrected chi connectivity index (χ0v) is 13.5. The monoisotopic (exact) mass is 329 g/mol. The van der Waals surface area contributed by atoms with Crippen LogP contribution in [0.5, 0.6) is 0 Å². The van der Waals surface area contributed by atoms with Gasteiger partial charge in [0, 0.05) is 19.9 Å². The SMILES string of the molecule is COCCNC(=O)[C@@H](C)OC(=O)c1ccccc1S(C)(=O)=O. The Morgan fingerprint density at radius 3 is 2.50 bits per heavy atom. The molecular formula is C14H19NO6S. The number of esters is 1. The molecule has 0 aliphatic heterocycles. The summed E-state index contributed by atoms with van der Waals surface area (Å²) in [6, 6.07) is 5.69. The van der Waals surface area contributed by atoms with Crippen molar-refractivity contribution < 1.29 is 27.5 Å². The maximum absolute atomic E-state index is 12.1. The van der Waals surface area contributed by atoms with E-state index in [0.29, 0.717) is 6.61 Å². The Morgan fingerprint density at radius 1 is 1.27 bits per heavy atom. The van der Waals surface area contributed by atoms with Gasteiger partial charge in [-0.15, -0.1) is 0 Å². The molecule has 1 aromatic carbocycles. The molecule has 1 amide bonds. The second kappa shape index (κ2) is 7.90. The van der Waals surface area contributed by atoms with Crippen LogP contribution >= 0.6 is 0 Å². The number of carbonyl (C=O) groups is 2. The van der Waals surface area contributed by atoms with Crippen LogP contribution in [0.4, 0.5) is 0 Å². The zero-order chi connectivity index (χ0) is 16.8. The number of benzene rings is 1. The highest BCUT2D eigenvalue weighted by molar-refractivity contribution is 7.90. The van der Waals surface area contributed by atoms with Gasteiger partial charge in [-0.05, 0) is 19.1 Å². The molecule has 122 valence electrons. The van der Waals surface area contributed by atoms with Crippen molar-refractivity contribution in [1.29, 1.82) is 0 Å². The van der Waals surface area contributed by atoms with Crippen molar-refractivity contribution in [3.63, 3.8) is 0 Å². The smallest absolute Gasteiger partial charge is 0.340 e. The number of sulfone groups is 1. The molecule has 1 aromatic rings. The molecular weight excluding hydrogens is 310 g/mol. The fourth-order valence-electron chi connectivity index (χ4n) is 1.66. The van der Waals surface area contributed by atoms with Gasteiger partial charge in [0.25, 0.3) is 5.91 Å². The molecule has 0 fully saturated rings. The van der Waals surface area contributed by atoms with Crippen LogP contribution in [-0.4, -0.2) is 52.9 Å². The summed E-state index contributed by atoms with van der Waals surface area (Å²) in [5, 5.41) is 2.53. The minimum Gasteiger partial charge on any atom is -0.449 e. The molecule has 0 saturated heterocycles. The minimum atomic E-state index is -3.57. The molecule has 0 aromatic heterocycles. The van der Waals surface area contributed by atoms with Crippen molar-refractivity contribution in [2.24, 2.45) is 0 Å². The van der Waals surface area contributed by atoms with Crippen LogP contribution in [0, 0.1) is 0 Å². The van der Waals surface area contributed by atoms with Crippen LogP contribution in [0.25, 0.3) is 0 Å². The second-order valence-electron chi connectivity index (χ2n) is 4.60. The lowest BCUT2D eigenvalue weighted by molar-refractivity contribution is -0.129. The van der Waals surface area contributed by atoms with E-state index in [1.165, 1.54) is 38.3 Å². The van der Waals surface area contributed by atoms with E-state index in [0.717, 1.165) is 6.26 Å². The second-order valence-corrected chi connectivity index (χ2v) is 6.58. The minimum absolute atomic E-state index is 0.0958. The molecule has 1 rings (SSSR count).